The number of halogens is 1. The Balaban J connectivity index is 2.50. The number of fused-ring (bicyclic) bond motifs is 1. The SMILES string of the molecule is Cc1cc(-c2c3cccc(C(C)C)c3cc(C)[n+]2C)c(C)c(C)c1F. The van der Waals surface area contributed by atoms with Gasteiger partial charge in [0.15, 0.2) is 5.69 Å². The van der Waals surface area contributed by atoms with Crippen molar-refractivity contribution in [1.29, 1.82) is 0 Å². The molecule has 0 spiro atoms. The largest absolute Gasteiger partial charge is 0.220 e. The standard InChI is InChI=1S/C23H27FN/c1-13(2)18-9-8-10-19-21(18)12-15(4)25(7)23(19)20-11-14(3)22(24)17(6)16(20)5/h8-13H,1-7H3/q+1. The molecule has 0 fully saturated rings. The highest BCUT2D eigenvalue weighted by molar-refractivity contribution is 5.96. The number of hydrogen-bond donors (Lipinski definition) is 0. The van der Waals surface area contributed by atoms with E-state index in [2.05, 4.69) is 56.7 Å². The van der Waals surface area contributed by atoms with Crippen LogP contribution in [0.2, 0.25) is 0 Å². The Bertz CT molecular complexity index is 984. The number of pyridine rings is 1. The first-order valence-corrected chi connectivity index (χ1v) is 8.93. The van der Waals surface area contributed by atoms with Crippen molar-refractivity contribution in [3.63, 3.8) is 0 Å². The lowest BCUT2D eigenvalue weighted by Gasteiger charge is -2.16. The van der Waals surface area contributed by atoms with E-state index in [-0.39, 0.29) is 5.82 Å². The second-order valence-electron chi connectivity index (χ2n) is 7.46. The Kier molecular flexibility index (Phi) is 4.40. The van der Waals surface area contributed by atoms with Crippen LogP contribution < -0.4 is 4.57 Å². The second kappa shape index (κ2) is 6.25. The zero-order valence-electron chi connectivity index (χ0n) is 16.3. The molecule has 0 atom stereocenters. The van der Waals surface area contributed by atoms with E-state index >= 15 is 0 Å². The molecule has 0 bridgehead atoms. The summed E-state index contributed by atoms with van der Waals surface area (Å²) >= 11 is 0. The third-order valence-corrected chi connectivity index (χ3v) is 5.49. The maximum Gasteiger partial charge on any atom is 0.220 e. The predicted octanol–water partition coefficient (Wildman–Crippen LogP) is 5.83. The highest BCUT2D eigenvalue weighted by Crippen LogP contribution is 2.35. The van der Waals surface area contributed by atoms with E-state index in [4.69, 9.17) is 0 Å². The molecule has 1 nitrogen and oxygen atoms in total. The van der Waals surface area contributed by atoms with Crippen LogP contribution in [0.1, 0.15) is 47.7 Å². The minimum Gasteiger partial charge on any atom is -0.206 e. The minimum absolute atomic E-state index is 0.0938. The van der Waals surface area contributed by atoms with Crippen LogP contribution in [0.25, 0.3) is 22.0 Å². The van der Waals surface area contributed by atoms with Crippen molar-refractivity contribution in [2.45, 2.75) is 47.5 Å². The Labute approximate surface area is 150 Å². The average Bonchev–Trinajstić information content (AvgIpc) is 2.57. The van der Waals surface area contributed by atoms with Gasteiger partial charge in [0.05, 0.1) is 10.9 Å². The maximum absolute atomic E-state index is 14.3. The van der Waals surface area contributed by atoms with Crippen molar-refractivity contribution < 1.29 is 8.96 Å². The lowest BCUT2D eigenvalue weighted by atomic mass is 9.90. The fourth-order valence-electron chi connectivity index (χ4n) is 3.74. The quantitative estimate of drug-likeness (QED) is 0.519. The van der Waals surface area contributed by atoms with Crippen molar-refractivity contribution in [3.8, 4) is 11.3 Å². The van der Waals surface area contributed by atoms with Crippen LogP contribution in [0.5, 0.6) is 0 Å². The summed E-state index contributed by atoms with van der Waals surface area (Å²) in [5.74, 6) is 0.366. The van der Waals surface area contributed by atoms with Crippen LogP contribution in [0.3, 0.4) is 0 Å². The fraction of sp³-hybridized carbons (Fsp3) is 0.348. The molecule has 3 aromatic rings. The Hall–Kier alpha value is -2.22. The molecule has 2 aromatic carbocycles. The molecule has 130 valence electrons. The van der Waals surface area contributed by atoms with E-state index in [1.807, 2.05) is 26.8 Å². The van der Waals surface area contributed by atoms with Crippen molar-refractivity contribution >= 4 is 10.8 Å². The van der Waals surface area contributed by atoms with Crippen molar-refractivity contribution in [2.24, 2.45) is 7.05 Å². The normalized spacial score (nSPS) is 11.6. The highest BCUT2D eigenvalue weighted by Gasteiger charge is 2.23. The van der Waals surface area contributed by atoms with Gasteiger partial charge in [-0.3, -0.25) is 0 Å². The smallest absolute Gasteiger partial charge is 0.206 e. The molecule has 0 N–H and O–H groups in total. The Morgan fingerprint density at radius 2 is 1.60 bits per heavy atom. The van der Waals surface area contributed by atoms with Gasteiger partial charge in [-0.25, -0.2) is 4.39 Å². The van der Waals surface area contributed by atoms with Crippen LogP contribution >= 0.6 is 0 Å². The van der Waals surface area contributed by atoms with Crippen molar-refractivity contribution in [3.05, 3.63) is 64.1 Å². The molecule has 0 aliphatic rings. The number of benzene rings is 2. The summed E-state index contributed by atoms with van der Waals surface area (Å²) in [6, 6.07) is 10.8. The maximum atomic E-state index is 14.3. The van der Waals surface area contributed by atoms with Crippen LogP contribution in [-0.2, 0) is 7.05 Å². The van der Waals surface area contributed by atoms with E-state index in [9.17, 15) is 4.39 Å². The minimum atomic E-state index is -0.0938. The summed E-state index contributed by atoms with van der Waals surface area (Å²) in [6.45, 7) is 12.3. The molecule has 25 heavy (non-hydrogen) atoms. The molecule has 3 rings (SSSR count). The second-order valence-corrected chi connectivity index (χ2v) is 7.46. The monoisotopic (exact) mass is 336 g/mol. The summed E-state index contributed by atoms with van der Waals surface area (Å²) in [6.07, 6.45) is 0. The van der Waals surface area contributed by atoms with Gasteiger partial charge in [0, 0.05) is 13.0 Å². The lowest BCUT2D eigenvalue weighted by molar-refractivity contribution is -0.665. The summed E-state index contributed by atoms with van der Waals surface area (Å²) in [4.78, 5) is 0. The Morgan fingerprint density at radius 1 is 0.920 bits per heavy atom. The zero-order chi connectivity index (χ0) is 18.5. The van der Waals surface area contributed by atoms with Gasteiger partial charge in [0.2, 0.25) is 5.69 Å². The molecule has 1 aromatic heterocycles. The molecule has 2 heteroatoms. The topological polar surface area (TPSA) is 3.88 Å². The van der Waals surface area contributed by atoms with Gasteiger partial charge >= 0.3 is 0 Å². The first kappa shape index (κ1) is 17.6. The number of aryl methyl sites for hydroxylation is 2. The fourth-order valence-corrected chi connectivity index (χ4v) is 3.74. The van der Waals surface area contributed by atoms with Crippen LogP contribution in [0.4, 0.5) is 4.39 Å². The van der Waals surface area contributed by atoms with Gasteiger partial charge < -0.3 is 0 Å². The van der Waals surface area contributed by atoms with E-state index < -0.39 is 0 Å². The molecule has 0 saturated carbocycles. The summed E-state index contributed by atoms with van der Waals surface area (Å²) in [5, 5.41) is 2.52. The molecule has 0 amide bonds. The molecule has 0 aliphatic heterocycles. The van der Waals surface area contributed by atoms with Gasteiger partial charge in [0.1, 0.15) is 12.9 Å². The summed E-state index contributed by atoms with van der Waals surface area (Å²) < 4.78 is 16.6. The highest BCUT2D eigenvalue weighted by atomic mass is 19.1. The Morgan fingerprint density at radius 3 is 2.24 bits per heavy atom. The van der Waals surface area contributed by atoms with Gasteiger partial charge in [-0.05, 0) is 66.5 Å². The van der Waals surface area contributed by atoms with E-state index in [1.54, 1.807) is 0 Å². The number of hydrogen-bond acceptors (Lipinski definition) is 0. The molecule has 0 aliphatic carbocycles. The number of aromatic nitrogens is 1. The number of rotatable bonds is 2. The average molecular weight is 336 g/mol. The van der Waals surface area contributed by atoms with Crippen LogP contribution in [-0.4, -0.2) is 0 Å². The molecule has 0 radical (unpaired) electrons. The van der Waals surface area contributed by atoms with Gasteiger partial charge in [-0.15, -0.1) is 0 Å². The number of nitrogens with zero attached hydrogens (tertiary/aromatic N) is 1. The summed E-state index contributed by atoms with van der Waals surface area (Å²) in [7, 11) is 2.10. The van der Waals surface area contributed by atoms with E-state index in [0.717, 1.165) is 16.7 Å². The van der Waals surface area contributed by atoms with Gasteiger partial charge in [-0.2, -0.15) is 4.57 Å². The molecular formula is C23H27FN+. The van der Waals surface area contributed by atoms with Crippen molar-refractivity contribution in [2.75, 3.05) is 0 Å². The van der Waals surface area contributed by atoms with Crippen molar-refractivity contribution in [1.82, 2.24) is 0 Å². The molecule has 0 saturated heterocycles. The van der Waals surface area contributed by atoms with E-state index in [0.29, 0.717) is 11.5 Å². The lowest BCUT2D eigenvalue weighted by Crippen LogP contribution is -2.35. The van der Waals surface area contributed by atoms with Gasteiger partial charge in [-0.1, -0.05) is 26.0 Å². The molecule has 0 unspecified atom stereocenters. The third kappa shape index (κ3) is 2.74. The summed E-state index contributed by atoms with van der Waals surface area (Å²) in [5.41, 5.74) is 7.30. The van der Waals surface area contributed by atoms with E-state index in [1.165, 1.54) is 27.7 Å². The zero-order valence-corrected chi connectivity index (χ0v) is 16.3. The first-order valence-electron chi connectivity index (χ1n) is 8.93. The van der Waals surface area contributed by atoms with Crippen LogP contribution in [0.15, 0.2) is 30.3 Å². The molecule has 1 heterocycles. The molecular weight excluding hydrogens is 309 g/mol. The van der Waals surface area contributed by atoms with Crippen LogP contribution in [0, 0.1) is 33.5 Å². The third-order valence-electron chi connectivity index (χ3n) is 5.49. The predicted molar refractivity (Wildman–Crippen MR) is 104 cm³/mol. The van der Waals surface area contributed by atoms with Gasteiger partial charge in [0.25, 0.3) is 0 Å². The first-order chi connectivity index (χ1) is 11.7.